The number of benzene rings is 4. The molecule has 31 nitrogen and oxygen atoms in total. The van der Waals surface area contributed by atoms with E-state index in [2.05, 4.69) is 74.8 Å². The molecule has 4 aromatic carbocycles. The van der Waals surface area contributed by atoms with Gasteiger partial charge in [0.2, 0.25) is 0 Å². The van der Waals surface area contributed by atoms with Gasteiger partial charge in [0, 0.05) is 79.3 Å². The molecule has 12 heterocycles. The molecule has 0 amide bonds. The normalized spacial score (nSPS) is 11.6. The maximum atomic E-state index is 15.7. The van der Waals surface area contributed by atoms with Crippen LogP contribution in [0.3, 0.4) is 0 Å². The Morgan fingerprint density at radius 2 is 0.619 bits per heavy atom. The second kappa shape index (κ2) is 44.6. The second-order valence-corrected chi connectivity index (χ2v) is 37.9. The molecule has 0 unspecified atom stereocenters. The summed E-state index contributed by atoms with van der Waals surface area (Å²) >= 11 is 25.4. The molecule has 4 N–H and O–H groups in total. The average molecular weight is 2090 g/mol. The number of halogens is 11. The molecule has 0 spiro atoms. The van der Waals surface area contributed by atoms with Crippen molar-refractivity contribution < 1.29 is 70.1 Å². The predicted octanol–water partition coefficient (Wildman–Crippen LogP) is 19.5. The smallest absolute Gasteiger partial charge is 0.273 e. The Balaban J connectivity index is 0.000000164. The fourth-order valence-corrected chi connectivity index (χ4v) is 15.8. The first kappa shape index (κ1) is 109. The number of ether oxygens (including phenoxy) is 4. The van der Waals surface area contributed by atoms with Crippen molar-refractivity contribution in [2.45, 2.75) is 187 Å². The van der Waals surface area contributed by atoms with Gasteiger partial charge in [0.15, 0.2) is 40.7 Å². The maximum absolute atomic E-state index is 15.7. The van der Waals surface area contributed by atoms with Crippen molar-refractivity contribution in [2.75, 3.05) is 0 Å². The van der Waals surface area contributed by atoms with E-state index in [0.29, 0.717) is 101 Å². The van der Waals surface area contributed by atoms with Gasteiger partial charge >= 0.3 is 0 Å². The molecule has 0 radical (unpaired) electrons. The first-order valence-corrected chi connectivity index (χ1v) is 46.6. The van der Waals surface area contributed by atoms with E-state index in [9.17, 15) is 57.2 Å². The number of pyridine rings is 5. The van der Waals surface area contributed by atoms with Gasteiger partial charge in [-0.3, -0.25) is 57.4 Å². The zero-order valence-electron chi connectivity index (χ0n) is 83.0. The fourth-order valence-electron chi connectivity index (χ4n) is 15.0. The van der Waals surface area contributed by atoms with Crippen LogP contribution in [-0.4, -0.2) is 113 Å². The predicted molar refractivity (Wildman–Crippen MR) is 537 cm³/mol. The number of nitrogens with zero attached hydrogens (tertiary/aromatic N) is 19. The summed E-state index contributed by atoms with van der Waals surface area (Å²) < 4.78 is 131. The van der Waals surface area contributed by atoms with Crippen molar-refractivity contribution in [3.05, 3.63) is 375 Å². The zero-order chi connectivity index (χ0) is 107. The Kier molecular flexibility index (Phi) is 33.2. The van der Waals surface area contributed by atoms with E-state index in [1.165, 1.54) is 133 Å². The summed E-state index contributed by atoms with van der Waals surface area (Å²) in [7, 11) is 0. The molecule has 0 aliphatic rings. The third-order valence-electron chi connectivity index (χ3n) is 22.5. The van der Waals surface area contributed by atoms with Gasteiger partial charge in [-0.1, -0.05) is 46.4 Å². The van der Waals surface area contributed by atoms with E-state index in [-0.39, 0.29) is 155 Å². The minimum absolute atomic E-state index is 0.00494. The first-order chi connectivity index (χ1) is 69.1. The van der Waals surface area contributed by atoms with E-state index >= 15 is 13.2 Å². The van der Waals surface area contributed by atoms with Crippen LogP contribution in [0.1, 0.15) is 169 Å². The molecule has 0 atom stereocenters. The van der Waals surface area contributed by atoms with E-state index in [1.54, 1.807) is 167 Å². The summed E-state index contributed by atoms with van der Waals surface area (Å²) in [5.41, 5.74) is 1.02. The Morgan fingerprint density at radius 3 is 0.973 bits per heavy atom. The van der Waals surface area contributed by atoms with Gasteiger partial charge in [0.1, 0.15) is 150 Å². The van der Waals surface area contributed by atoms with Crippen LogP contribution in [-0.2, 0) is 48.8 Å². The molecule has 16 aromatic rings. The minimum atomic E-state index is -1.34. The topological polar surface area (TPSA) is 399 Å². The highest BCUT2D eigenvalue weighted by Crippen LogP contribution is 2.41. The highest BCUT2D eigenvalue weighted by molar-refractivity contribution is 6.33. The van der Waals surface area contributed by atoms with Crippen molar-refractivity contribution in [2.24, 2.45) is 0 Å². The highest BCUT2D eigenvalue weighted by Gasteiger charge is 2.32. The number of aliphatic hydroxyl groups is 4. The zero-order valence-corrected chi connectivity index (χ0v) is 86.1. The molecular weight excluding hydrogens is 1990 g/mol. The van der Waals surface area contributed by atoms with Crippen molar-refractivity contribution in [3.8, 4) is 90.9 Å². The van der Waals surface area contributed by atoms with Crippen LogP contribution in [0, 0.1) is 124 Å². The Morgan fingerprint density at radius 1 is 0.313 bits per heavy atom. The number of rotatable bonds is 24. The molecule has 0 saturated carbocycles. The van der Waals surface area contributed by atoms with Crippen molar-refractivity contribution >= 4 is 46.4 Å². The van der Waals surface area contributed by atoms with Gasteiger partial charge in [0.25, 0.3) is 22.2 Å². The lowest BCUT2D eigenvalue weighted by Crippen LogP contribution is -2.26. The van der Waals surface area contributed by atoms with E-state index in [0.717, 1.165) is 15.3 Å². The third-order valence-corrected chi connectivity index (χ3v) is 23.9. The molecule has 0 bridgehead atoms. The molecule has 42 heteroatoms. The minimum Gasteiger partial charge on any atom is -0.486 e. The molecule has 12 aromatic heterocycles. The Labute approximate surface area is 857 Å². The van der Waals surface area contributed by atoms with Gasteiger partial charge < -0.3 is 39.4 Å². The van der Waals surface area contributed by atoms with E-state index < -0.39 is 79.8 Å². The molecule has 0 saturated heterocycles. The fraction of sp³-hybridized carbons (Fsp3) is 0.267. The molecular formula is C105H98Cl4F7N19O12. The summed E-state index contributed by atoms with van der Waals surface area (Å²) in [6.07, 6.45) is 15.8. The average Bonchev–Trinajstić information content (AvgIpc) is 0.666. The lowest BCUT2D eigenvalue weighted by Gasteiger charge is -2.20. The molecule has 16 rings (SSSR count). The third kappa shape index (κ3) is 24.8. The van der Waals surface area contributed by atoms with Crippen LogP contribution in [0.15, 0.2) is 178 Å². The quantitative estimate of drug-likeness (QED) is 0.0408. The largest absolute Gasteiger partial charge is 0.486 e. The molecule has 0 fully saturated rings. The Bertz CT molecular complexity index is 7680. The van der Waals surface area contributed by atoms with Crippen LogP contribution in [0.25, 0.3) is 67.9 Å². The monoisotopic (exact) mass is 2090 g/mol. The van der Waals surface area contributed by atoms with Gasteiger partial charge in [0.05, 0.1) is 73.6 Å². The summed E-state index contributed by atoms with van der Waals surface area (Å²) in [6, 6.07) is 22.2. The summed E-state index contributed by atoms with van der Waals surface area (Å²) in [5.74, 6) is -3.15. The standard InChI is InChI=1S/C27H25ClF2N4O3.2C26H24ClF2N5O3.C26H25ClFN5O3/c1-14-10-18(29)20(32-12-14)13-37-21-11-15(2)25(24(30)23(21)28)34-16(3)17(6-7-22(34)35)19-8-9-31-26(33-19)27(4,5)36;1-13-8-17(28)19(32-10-13)12-37-20-9-14(2)23(22(29)21(20)27)34-15(3)31-11-16(24(34)35)18-6-7-30-25(33-18)26(4,5)36;1-13-8-16(28)18(31-10-13)12-37-19-9-14(2)24(22(29)21(19)27)34-15(3)23(32-11-20(34)35)17-6-7-30-25(33-17)26(4,5)36;1-14-8-19(28)21(31-11-14)13-36-23-9-15(2)22(10-18(23)27)33-16(3)30-12-17(24(33)34)20-6-7-29-25(32-20)26(4,5)35/h6-12,36H,13H2,1-5H3;2*6-11,36H,12H2,1-5H3;6-12,35H,13H2,1-5H3. The SMILES string of the molecule is Cc1cnc(COc2cc(C)c(-n3c(C)c(-c4ccnc(C(C)(C)O)n4)ccc3=O)c(F)c2Cl)c(F)c1.Cc1cnc(COc2cc(C)c(-n3c(C)c(-c4ccnc(C(C)(C)O)n4)ncc3=O)c(F)c2Cl)c(F)c1.Cc1cnc(COc2cc(C)c(-n3c(C)ncc(-c4ccnc(C(C)(C)O)n4)c3=O)c(F)c2Cl)c(F)c1.Cc1cnc(COc2cc(C)c(-n3c(C)ncc(-c4ccnc(C(C)(C)O)n4)c3=O)cc2Cl)c(F)c1. The number of aromatic nitrogens is 19. The molecule has 762 valence electrons. The number of hydrogen-bond acceptors (Lipinski definition) is 27. The molecule has 147 heavy (non-hydrogen) atoms. The first-order valence-electron chi connectivity index (χ1n) is 45.1. The highest BCUT2D eigenvalue weighted by atomic mass is 35.5. The van der Waals surface area contributed by atoms with Crippen molar-refractivity contribution in [3.63, 3.8) is 0 Å². The summed E-state index contributed by atoms with van der Waals surface area (Å²) in [4.78, 5) is 116. The van der Waals surface area contributed by atoms with Crippen LogP contribution >= 0.6 is 46.4 Å². The second-order valence-electron chi connectivity index (χ2n) is 36.4. The van der Waals surface area contributed by atoms with Crippen molar-refractivity contribution in [1.82, 2.24) is 93.0 Å². The van der Waals surface area contributed by atoms with Crippen LogP contribution in [0.2, 0.25) is 20.1 Å². The van der Waals surface area contributed by atoms with Gasteiger partial charge in [-0.2, -0.15) is 0 Å². The molecule has 0 aliphatic heterocycles. The molecule has 0 aliphatic carbocycles. The van der Waals surface area contributed by atoms with Gasteiger partial charge in [-0.05, 0) is 268 Å². The lowest BCUT2D eigenvalue weighted by atomic mass is 10.1. The lowest BCUT2D eigenvalue weighted by molar-refractivity contribution is 0.0683. The summed E-state index contributed by atoms with van der Waals surface area (Å²) in [6.45, 7) is 31.5. The maximum Gasteiger partial charge on any atom is 0.273 e. The van der Waals surface area contributed by atoms with Crippen LogP contribution < -0.4 is 41.2 Å². The number of aryl methyl sites for hydroxylation is 10. The van der Waals surface area contributed by atoms with E-state index in [4.69, 9.17) is 65.4 Å². The van der Waals surface area contributed by atoms with Crippen LogP contribution in [0.4, 0.5) is 30.7 Å². The van der Waals surface area contributed by atoms with Gasteiger partial charge in [-0.15, -0.1) is 0 Å². The Hall–Kier alpha value is -14.9. The number of hydrogen-bond donors (Lipinski definition) is 4. The van der Waals surface area contributed by atoms with E-state index in [1.807, 2.05) is 0 Å². The van der Waals surface area contributed by atoms with Gasteiger partial charge in [-0.25, -0.2) is 85.6 Å². The summed E-state index contributed by atoms with van der Waals surface area (Å²) in [5, 5.41) is 40.2. The van der Waals surface area contributed by atoms with Crippen LogP contribution in [0.5, 0.6) is 23.0 Å². The van der Waals surface area contributed by atoms with Crippen molar-refractivity contribution in [1.29, 1.82) is 0 Å².